The van der Waals surface area contributed by atoms with Gasteiger partial charge >= 0.3 is 5.97 Å². The molecule has 88 valence electrons. The lowest BCUT2D eigenvalue weighted by Gasteiger charge is -2.05. The number of carboxylic acids is 1. The van der Waals surface area contributed by atoms with Crippen molar-refractivity contribution in [1.29, 1.82) is 0 Å². The Morgan fingerprint density at radius 1 is 1.44 bits per heavy atom. The first-order valence-electron chi connectivity index (χ1n) is 4.50. The van der Waals surface area contributed by atoms with Crippen LogP contribution in [0, 0.1) is 0 Å². The summed E-state index contributed by atoms with van der Waals surface area (Å²) in [7, 11) is -3.67. The van der Waals surface area contributed by atoms with Gasteiger partial charge in [-0.25, -0.2) is 17.9 Å². The van der Waals surface area contributed by atoms with E-state index in [1.165, 1.54) is 18.2 Å². The number of carbonyl (C=O) groups is 1. The molecule has 0 spiro atoms. The summed E-state index contributed by atoms with van der Waals surface area (Å²) in [6.45, 7) is 0.289. The van der Waals surface area contributed by atoms with Crippen LogP contribution in [0.25, 0.3) is 0 Å². The zero-order valence-corrected chi connectivity index (χ0v) is 9.20. The van der Waals surface area contributed by atoms with Crippen LogP contribution in [0.3, 0.4) is 0 Å². The van der Waals surface area contributed by atoms with Crippen LogP contribution >= 0.6 is 0 Å². The van der Waals surface area contributed by atoms with Crippen LogP contribution in [0.15, 0.2) is 29.2 Å². The van der Waals surface area contributed by atoms with Crippen LogP contribution in [0.5, 0.6) is 0 Å². The molecule has 0 aliphatic heterocycles. The predicted molar refractivity (Wildman–Crippen MR) is 57.6 cm³/mol. The van der Waals surface area contributed by atoms with E-state index in [0.717, 1.165) is 6.07 Å². The van der Waals surface area contributed by atoms with Crippen LogP contribution in [0.1, 0.15) is 10.4 Å². The molecule has 1 aromatic rings. The summed E-state index contributed by atoms with van der Waals surface area (Å²) in [5.41, 5.74) is 5.10. The van der Waals surface area contributed by atoms with E-state index in [2.05, 4.69) is 4.72 Å². The van der Waals surface area contributed by atoms with Gasteiger partial charge in [0.2, 0.25) is 10.0 Å². The van der Waals surface area contributed by atoms with Gasteiger partial charge in [-0.2, -0.15) is 0 Å². The Kier molecular flexibility index (Phi) is 3.99. The maximum Gasteiger partial charge on any atom is 0.335 e. The molecule has 1 aromatic carbocycles. The Labute approximate surface area is 93.1 Å². The van der Waals surface area contributed by atoms with E-state index in [-0.39, 0.29) is 23.5 Å². The van der Waals surface area contributed by atoms with Crippen molar-refractivity contribution in [3.63, 3.8) is 0 Å². The first-order chi connectivity index (χ1) is 7.47. The van der Waals surface area contributed by atoms with E-state index in [0.29, 0.717) is 0 Å². The van der Waals surface area contributed by atoms with Gasteiger partial charge in [0.25, 0.3) is 0 Å². The van der Waals surface area contributed by atoms with E-state index >= 15 is 0 Å². The molecule has 4 N–H and O–H groups in total. The van der Waals surface area contributed by atoms with Crippen molar-refractivity contribution < 1.29 is 18.3 Å². The second kappa shape index (κ2) is 5.06. The van der Waals surface area contributed by atoms with Gasteiger partial charge < -0.3 is 10.8 Å². The fraction of sp³-hybridized carbons (Fsp3) is 0.222. The highest BCUT2D eigenvalue weighted by Gasteiger charge is 2.14. The normalized spacial score (nSPS) is 11.3. The number of carboxylic acid groups (broad SMARTS) is 1. The lowest BCUT2D eigenvalue weighted by atomic mass is 10.2. The standard InChI is InChI=1S/C9H12N2O4S/c10-4-5-11-16(14,15)8-3-1-2-7(6-8)9(12)13/h1-3,6,11H,4-5,10H2,(H,12,13). The molecule has 0 radical (unpaired) electrons. The van der Waals surface area contributed by atoms with Gasteiger partial charge in [-0.05, 0) is 18.2 Å². The second-order valence-electron chi connectivity index (χ2n) is 3.02. The van der Waals surface area contributed by atoms with Crippen molar-refractivity contribution in [2.45, 2.75) is 4.90 Å². The Morgan fingerprint density at radius 2 is 2.12 bits per heavy atom. The highest BCUT2D eigenvalue weighted by molar-refractivity contribution is 7.89. The molecule has 0 heterocycles. The van der Waals surface area contributed by atoms with Crippen molar-refractivity contribution in [2.24, 2.45) is 5.73 Å². The zero-order valence-electron chi connectivity index (χ0n) is 8.38. The molecular formula is C9H12N2O4S. The van der Waals surface area contributed by atoms with Crippen LogP contribution in [-0.4, -0.2) is 32.6 Å². The number of benzene rings is 1. The molecule has 16 heavy (non-hydrogen) atoms. The van der Waals surface area contributed by atoms with Gasteiger partial charge in [-0.15, -0.1) is 0 Å². The lowest BCUT2D eigenvalue weighted by molar-refractivity contribution is 0.0696. The molecule has 0 aliphatic carbocycles. The first kappa shape index (κ1) is 12.6. The number of hydrogen-bond donors (Lipinski definition) is 3. The van der Waals surface area contributed by atoms with Crippen molar-refractivity contribution in [3.8, 4) is 0 Å². The van der Waals surface area contributed by atoms with Crippen LogP contribution in [0.2, 0.25) is 0 Å². The monoisotopic (exact) mass is 244 g/mol. The van der Waals surface area contributed by atoms with Crippen LogP contribution in [0.4, 0.5) is 0 Å². The molecule has 0 unspecified atom stereocenters. The quantitative estimate of drug-likeness (QED) is 0.654. The third-order valence-corrected chi connectivity index (χ3v) is 3.29. The molecule has 0 amide bonds. The molecule has 0 saturated carbocycles. The molecule has 0 fully saturated rings. The van der Waals surface area contributed by atoms with Crippen molar-refractivity contribution >= 4 is 16.0 Å². The summed E-state index contributed by atoms with van der Waals surface area (Å²) in [6, 6.07) is 5.12. The Morgan fingerprint density at radius 3 is 2.69 bits per heavy atom. The van der Waals surface area contributed by atoms with Gasteiger partial charge in [0.05, 0.1) is 10.5 Å². The van der Waals surface area contributed by atoms with Gasteiger partial charge in [-0.3, -0.25) is 0 Å². The predicted octanol–water partition coefficient (Wildman–Crippen LogP) is -0.378. The number of nitrogens with two attached hydrogens (primary N) is 1. The largest absolute Gasteiger partial charge is 0.478 e. The third-order valence-electron chi connectivity index (χ3n) is 1.83. The Bertz CT molecular complexity index is 484. The number of aromatic carboxylic acids is 1. The Balaban J connectivity index is 3.04. The van der Waals surface area contributed by atoms with Crippen LogP contribution in [-0.2, 0) is 10.0 Å². The average molecular weight is 244 g/mol. The topological polar surface area (TPSA) is 109 Å². The maximum absolute atomic E-state index is 11.6. The fourth-order valence-electron chi connectivity index (χ4n) is 1.07. The van der Waals surface area contributed by atoms with Gasteiger partial charge in [-0.1, -0.05) is 6.07 Å². The number of nitrogens with one attached hydrogen (secondary N) is 1. The number of sulfonamides is 1. The summed E-state index contributed by atoms with van der Waals surface area (Å²) >= 11 is 0. The maximum atomic E-state index is 11.6. The van der Waals surface area contributed by atoms with Crippen molar-refractivity contribution in [2.75, 3.05) is 13.1 Å². The minimum absolute atomic E-state index is 0.0735. The minimum atomic E-state index is -3.67. The molecule has 0 saturated heterocycles. The highest BCUT2D eigenvalue weighted by atomic mass is 32.2. The lowest BCUT2D eigenvalue weighted by Crippen LogP contribution is -2.29. The number of rotatable bonds is 5. The second-order valence-corrected chi connectivity index (χ2v) is 4.79. The molecule has 7 heteroatoms. The molecule has 0 bridgehead atoms. The highest BCUT2D eigenvalue weighted by Crippen LogP contribution is 2.11. The van der Waals surface area contributed by atoms with Gasteiger partial charge in [0.1, 0.15) is 0 Å². The smallest absolute Gasteiger partial charge is 0.335 e. The molecule has 0 aliphatic rings. The molecule has 0 aromatic heterocycles. The SMILES string of the molecule is NCCNS(=O)(=O)c1cccc(C(=O)O)c1. The van der Waals surface area contributed by atoms with Gasteiger partial charge in [0.15, 0.2) is 0 Å². The van der Waals surface area contributed by atoms with Crippen molar-refractivity contribution in [1.82, 2.24) is 4.72 Å². The molecule has 0 atom stereocenters. The summed E-state index contributed by atoms with van der Waals surface area (Å²) in [5.74, 6) is -1.17. The van der Waals surface area contributed by atoms with E-state index in [1.54, 1.807) is 0 Å². The summed E-state index contributed by atoms with van der Waals surface area (Å²) in [4.78, 5) is 10.6. The molecule has 1 rings (SSSR count). The minimum Gasteiger partial charge on any atom is -0.478 e. The molecule has 6 nitrogen and oxygen atoms in total. The van der Waals surface area contributed by atoms with E-state index in [4.69, 9.17) is 10.8 Å². The Hall–Kier alpha value is -1.44. The average Bonchev–Trinajstić information content (AvgIpc) is 2.26. The van der Waals surface area contributed by atoms with Crippen molar-refractivity contribution in [3.05, 3.63) is 29.8 Å². The van der Waals surface area contributed by atoms with Crippen LogP contribution < -0.4 is 10.5 Å². The first-order valence-corrected chi connectivity index (χ1v) is 5.99. The van der Waals surface area contributed by atoms with E-state index in [1.807, 2.05) is 0 Å². The molecular weight excluding hydrogens is 232 g/mol. The number of hydrogen-bond acceptors (Lipinski definition) is 4. The summed E-state index contributed by atoms with van der Waals surface area (Å²) in [6.07, 6.45) is 0. The zero-order chi connectivity index (χ0) is 12.2. The summed E-state index contributed by atoms with van der Waals surface area (Å²) in [5, 5.41) is 8.72. The van der Waals surface area contributed by atoms with E-state index in [9.17, 15) is 13.2 Å². The third kappa shape index (κ3) is 3.02. The fourth-order valence-corrected chi connectivity index (χ4v) is 2.17. The van der Waals surface area contributed by atoms with E-state index < -0.39 is 16.0 Å². The van der Waals surface area contributed by atoms with Gasteiger partial charge in [0, 0.05) is 13.1 Å². The summed E-state index contributed by atoms with van der Waals surface area (Å²) < 4.78 is 25.5.